The summed E-state index contributed by atoms with van der Waals surface area (Å²) in [6.07, 6.45) is 0.811. The van der Waals surface area contributed by atoms with E-state index >= 15 is 0 Å². The summed E-state index contributed by atoms with van der Waals surface area (Å²) in [5, 5.41) is 0. The van der Waals surface area contributed by atoms with Crippen molar-refractivity contribution in [3.63, 3.8) is 0 Å². The lowest BCUT2D eigenvalue weighted by molar-refractivity contribution is -0.155. The van der Waals surface area contributed by atoms with Gasteiger partial charge in [-0.3, -0.25) is 14.4 Å². The minimum absolute atomic E-state index is 0.112. The van der Waals surface area contributed by atoms with Gasteiger partial charge in [-0.15, -0.1) is 0 Å². The monoisotopic (exact) mass is 386 g/mol. The van der Waals surface area contributed by atoms with Crippen LogP contribution in [-0.4, -0.2) is 85.3 Å². The maximum absolute atomic E-state index is 13.1. The summed E-state index contributed by atoms with van der Waals surface area (Å²) >= 11 is 0. The second-order valence-corrected chi connectivity index (χ2v) is 8.18. The molecule has 0 atom stereocenters. The molecule has 2 aliphatic heterocycles. The number of hydrogen-bond acceptors (Lipinski definition) is 4. The third-order valence-corrected chi connectivity index (χ3v) is 5.75. The highest BCUT2D eigenvalue weighted by Crippen LogP contribution is 2.25. The summed E-state index contributed by atoms with van der Waals surface area (Å²) < 4.78 is 0. The van der Waals surface area contributed by atoms with E-state index in [-0.39, 0.29) is 11.8 Å². The van der Waals surface area contributed by atoms with Crippen LogP contribution in [0.15, 0.2) is 24.3 Å². The zero-order valence-electron chi connectivity index (χ0n) is 17.1. The van der Waals surface area contributed by atoms with Crippen molar-refractivity contribution >= 4 is 23.9 Å². The van der Waals surface area contributed by atoms with Crippen LogP contribution in [0.1, 0.15) is 19.4 Å². The van der Waals surface area contributed by atoms with Crippen molar-refractivity contribution in [2.75, 3.05) is 57.3 Å². The van der Waals surface area contributed by atoms with Gasteiger partial charge in [0, 0.05) is 58.0 Å². The minimum atomic E-state index is -1.09. The Morgan fingerprint density at radius 3 is 1.93 bits per heavy atom. The van der Waals surface area contributed by atoms with Gasteiger partial charge >= 0.3 is 0 Å². The van der Waals surface area contributed by atoms with Crippen LogP contribution in [0.2, 0.25) is 0 Å². The SMILES string of the molecule is Cc1cccc(N2CCN(C(=O)C(C)(C)C(=O)N3CCN(C=O)CC3)CC2)c1. The summed E-state index contributed by atoms with van der Waals surface area (Å²) in [5.74, 6) is -0.261. The molecule has 7 nitrogen and oxygen atoms in total. The topological polar surface area (TPSA) is 64.2 Å². The van der Waals surface area contributed by atoms with E-state index in [1.807, 2.05) is 11.0 Å². The Labute approximate surface area is 166 Å². The summed E-state index contributed by atoms with van der Waals surface area (Å²) in [6.45, 7) is 10.3. The molecule has 152 valence electrons. The molecule has 2 saturated heterocycles. The highest BCUT2D eigenvalue weighted by molar-refractivity contribution is 6.04. The Kier molecular flexibility index (Phi) is 5.91. The molecule has 0 N–H and O–H groups in total. The maximum atomic E-state index is 13.1. The van der Waals surface area contributed by atoms with E-state index in [1.54, 1.807) is 23.6 Å². The van der Waals surface area contributed by atoms with Gasteiger partial charge in [-0.25, -0.2) is 0 Å². The third-order valence-electron chi connectivity index (χ3n) is 5.75. The highest BCUT2D eigenvalue weighted by Gasteiger charge is 2.42. The van der Waals surface area contributed by atoms with Crippen LogP contribution in [0.3, 0.4) is 0 Å². The smallest absolute Gasteiger partial charge is 0.237 e. The van der Waals surface area contributed by atoms with Crippen molar-refractivity contribution in [1.82, 2.24) is 14.7 Å². The molecule has 2 aliphatic rings. The molecule has 3 amide bonds. The number of nitrogens with zero attached hydrogens (tertiary/aromatic N) is 4. The largest absolute Gasteiger partial charge is 0.368 e. The average molecular weight is 386 g/mol. The predicted octanol–water partition coefficient (Wildman–Crippen LogP) is 0.970. The molecule has 0 aromatic heterocycles. The average Bonchev–Trinajstić information content (AvgIpc) is 2.72. The van der Waals surface area contributed by atoms with Gasteiger partial charge < -0.3 is 19.6 Å². The Hall–Kier alpha value is -2.57. The molecule has 28 heavy (non-hydrogen) atoms. The van der Waals surface area contributed by atoms with Crippen molar-refractivity contribution in [3.05, 3.63) is 29.8 Å². The first-order valence-electron chi connectivity index (χ1n) is 9.92. The Morgan fingerprint density at radius 2 is 1.43 bits per heavy atom. The Morgan fingerprint density at radius 1 is 0.893 bits per heavy atom. The van der Waals surface area contributed by atoms with Crippen molar-refractivity contribution in [2.24, 2.45) is 5.41 Å². The van der Waals surface area contributed by atoms with Gasteiger partial charge in [0.25, 0.3) is 0 Å². The first-order valence-corrected chi connectivity index (χ1v) is 9.92. The summed E-state index contributed by atoms with van der Waals surface area (Å²) in [4.78, 5) is 44.4. The van der Waals surface area contributed by atoms with E-state index in [9.17, 15) is 14.4 Å². The number of benzene rings is 1. The fourth-order valence-corrected chi connectivity index (χ4v) is 3.90. The second-order valence-electron chi connectivity index (χ2n) is 8.18. The van der Waals surface area contributed by atoms with Crippen molar-refractivity contribution < 1.29 is 14.4 Å². The Bertz CT molecular complexity index is 733. The quantitative estimate of drug-likeness (QED) is 0.571. The molecule has 0 spiro atoms. The van der Waals surface area contributed by atoms with Gasteiger partial charge in [0.1, 0.15) is 5.41 Å². The van der Waals surface area contributed by atoms with Crippen molar-refractivity contribution in [1.29, 1.82) is 0 Å². The van der Waals surface area contributed by atoms with E-state index in [0.717, 1.165) is 19.5 Å². The summed E-state index contributed by atoms with van der Waals surface area (Å²) in [6, 6.07) is 8.38. The number of carbonyl (C=O) groups excluding carboxylic acids is 3. The van der Waals surface area contributed by atoms with Crippen molar-refractivity contribution in [3.8, 4) is 0 Å². The van der Waals surface area contributed by atoms with Crippen LogP contribution >= 0.6 is 0 Å². The van der Waals surface area contributed by atoms with E-state index in [0.29, 0.717) is 39.3 Å². The Balaban J connectivity index is 1.59. The molecule has 3 rings (SSSR count). The number of rotatable bonds is 4. The maximum Gasteiger partial charge on any atom is 0.237 e. The normalized spacial score (nSPS) is 18.2. The van der Waals surface area contributed by atoms with E-state index < -0.39 is 5.41 Å². The molecule has 1 aromatic rings. The number of aryl methyl sites for hydroxylation is 1. The first kappa shape index (κ1) is 20.2. The molecule has 2 heterocycles. The summed E-state index contributed by atoms with van der Waals surface area (Å²) in [7, 11) is 0. The molecule has 0 aliphatic carbocycles. The van der Waals surface area contributed by atoms with Gasteiger partial charge in [-0.05, 0) is 38.5 Å². The second kappa shape index (κ2) is 8.20. The first-order chi connectivity index (χ1) is 13.3. The van der Waals surface area contributed by atoms with Gasteiger partial charge in [0.2, 0.25) is 18.2 Å². The van der Waals surface area contributed by atoms with Crippen molar-refractivity contribution in [2.45, 2.75) is 20.8 Å². The molecular formula is C21H30N4O3. The molecule has 7 heteroatoms. The standard InChI is InChI=1S/C21H30N4O3/c1-17-5-4-6-18(15-17)23-11-13-25(14-12-23)20(28)21(2,3)19(27)24-9-7-22(16-26)8-10-24/h4-6,15-16H,7-14H2,1-3H3. The number of carbonyl (C=O) groups is 3. The number of hydrogen-bond donors (Lipinski definition) is 0. The minimum Gasteiger partial charge on any atom is -0.368 e. The van der Waals surface area contributed by atoms with E-state index in [1.165, 1.54) is 11.3 Å². The van der Waals surface area contributed by atoms with Gasteiger partial charge in [0.05, 0.1) is 0 Å². The lowest BCUT2D eigenvalue weighted by Crippen LogP contribution is -2.58. The van der Waals surface area contributed by atoms with E-state index in [4.69, 9.17) is 0 Å². The fraction of sp³-hybridized carbons (Fsp3) is 0.571. The molecule has 0 saturated carbocycles. The molecule has 1 aromatic carbocycles. The summed E-state index contributed by atoms with van der Waals surface area (Å²) in [5.41, 5.74) is 1.31. The molecule has 0 unspecified atom stereocenters. The molecule has 2 fully saturated rings. The fourth-order valence-electron chi connectivity index (χ4n) is 3.90. The molecule has 0 radical (unpaired) electrons. The van der Waals surface area contributed by atoms with Crippen LogP contribution in [0, 0.1) is 12.3 Å². The molecular weight excluding hydrogens is 356 g/mol. The van der Waals surface area contributed by atoms with E-state index in [2.05, 4.69) is 30.0 Å². The van der Waals surface area contributed by atoms with Crippen LogP contribution in [0.5, 0.6) is 0 Å². The lowest BCUT2D eigenvalue weighted by Gasteiger charge is -2.41. The number of piperazine rings is 2. The third kappa shape index (κ3) is 4.13. The van der Waals surface area contributed by atoms with Gasteiger partial charge in [0.15, 0.2) is 0 Å². The zero-order chi connectivity index (χ0) is 20.3. The molecule has 0 bridgehead atoms. The van der Waals surface area contributed by atoms with Crippen LogP contribution in [0.4, 0.5) is 5.69 Å². The van der Waals surface area contributed by atoms with Crippen LogP contribution in [-0.2, 0) is 14.4 Å². The predicted molar refractivity (Wildman–Crippen MR) is 108 cm³/mol. The number of anilines is 1. The van der Waals surface area contributed by atoms with Crippen LogP contribution < -0.4 is 4.90 Å². The highest BCUT2D eigenvalue weighted by atomic mass is 16.2. The zero-order valence-corrected chi connectivity index (χ0v) is 17.1. The lowest BCUT2D eigenvalue weighted by atomic mass is 9.89. The van der Waals surface area contributed by atoms with Gasteiger partial charge in [-0.2, -0.15) is 0 Å². The van der Waals surface area contributed by atoms with Crippen LogP contribution in [0.25, 0.3) is 0 Å². The number of amides is 3. The van der Waals surface area contributed by atoms with Gasteiger partial charge in [-0.1, -0.05) is 12.1 Å².